The van der Waals surface area contributed by atoms with Crippen molar-refractivity contribution in [1.29, 1.82) is 0 Å². The van der Waals surface area contributed by atoms with E-state index in [0.717, 1.165) is 25.8 Å². The second kappa shape index (κ2) is 6.55. The van der Waals surface area contributed by atoms with E-state index < -0.39 is 6.17 Å². The highest BCUT2D eigenvalue weighted by Gasteiger charge is 2.71. The van der Waals surface area contributed by atoms with Gasteiger partial charge in [0.2, 0.25) is 5.91 Å². The number of carbonyl (C=O) groups is 1. The molecule has 4 bridgehead atoms. The molecule has 5 aliphatic rings. The molecule has 5 fully saturated rings. The summed E-state index contributed by atoms with van der Waals surface area (Å²) in [4.78, 5) is 13.6. The Hall–Kier alpha value is -1.42. The standard InChI is InChI=1S/C24H33FN2O/c1-2-9-22-11-18-12-23(14-22,21(28)27-20-8-10-26-13-19(20)25)16-24(18,15-22)17-6-4-3-5-7-17/h3-7,18-20,26H,2,8-16H2,1H3,(H,27,28)/t18?,19-,20-,22+,23?,24+/m1/s1. The average molecular weight is 385 g/mol. The van der Waals surface area contributed by atoms with Crippen molar-refractivity contribution in [2.24, 2.45) is 16.7 Å². The molecule has 2 N–H and O–H groups in total. The number of halogens is 1. The Bertz CT molecular complexity index is 754. The SMILES string of the molecule is CCC[C@]12CC3CC(C(=O)N[C@@H]4CCNC[C@H]4F)(C1)C[C@]3(c1ccccc1)C2. The highest BCUT2D eigenvalue weighted by atomic mass is 19.1. The molecule has 0 radical (unpaired) electrons. The van der Waals surface area contributed by atoms with E-state index in [1.165, 1.54) is 31.2 Å². The molecule has 1 heterocycles. The number of piperidine rings is 1. The zero-order valence-corrected chi connectivity index (χ0v) is 17.0. The smallest absolute Gasteiger partial charge is 0.226 e. The van der Waals surface area contributed by atoms with Crippen molar-refractivity contribution in [2.45, 2.75) is 75.9 Å². The fourth-order valence-electron chi connectivity index (χ4n) is 7.79. The number of amides is 1. The summed E-state index contributed by atoms with van der Waals surface area (Å²) in [6.45, 7) is 3.41. The van der Waals surface area contributed by atoms with Gasteiger partial charge in [0.05, 0.1) is 11.5 Å². The molecule has 1 aromatic rings. The molecule has 1 amide bonds. The zero-order valence-electron chi connectivity index (χ0n) is 17.0. The molecule has 6 atom stereocenters. The molecule has 4 heteroatoms. The number of alkyl halides is 1. The third-order valence-electron chi connectivity index (χ3n) is 8.49. The maximum absolute atomic E-state index is 14.4. The summed E-state index contributed by atoms with van der Waals surface area (Å²) in [5.41, 5.74) is 1.58. The van der Waals surface area contributed by atoms with Gasteiger partial charge in [0.15, 0.2) is 0 Å². The van der Waals surface area contributed by atoms with Crippen molar-refractivity contribution >= 4 is 5.91 Å². The van der Waals surface area contributed by atoms with E-state index in [2.05, 4.69) is 47.9 Å². The first kappa shape index (κ1) is 18.6. The van der Waals surface area contributed by atoms with Crippen molar-refractivity contribution in [3.05, 3.63) is 35.9 Å². The van der Waals surface area contributed by atoms with Gasteiger partial charge in [-0.1, -0.05) is 43.7 Å². The van der Waals surface area contributed by atoms with Gasteiger partial charge in [-0.3, -0.25) is 4.79 Å². The van der Waals surface area contributed by atoms with Crippen LogP contribution in [0, 0.1) is 16.7 Å². The molecular weight excluding hydrogens is 351 g/mol. The van der Waals surface area contributed by atoms with Gasteiger partial charge in [0.25, 0.3) is 0 Å². The number of nitrogens with one attached hydrogen (secondary N) is 2. The Balaban J connectivity index is 1.46. The lowest BCUT2D eigenvalue weighted by Crippen LogP contribution is -2.56. The molecular formula is C24H33FN2O. The van der Waals surface area contributed by atoms with Gasteiger partial charge in [-0.25, -0.2) is 4.39 Å². The van der Waals surface area contributed by atoms with E-state index in [1.807, 2.05) is 0 Å². The third-order valence-corrected chi connectivity index (χ3v) is 8.49. The first-order valence-corrected chi connectivity index (χ1v) is 11.2. The zero-order chi connectivity index (χ0) is 19.4. The first-order valence-electron chi connectivity index (χ1n) is 11.2. The van der Waals surface area contributed by atoms with Crippen LogP contribution in [-0.4, -0.2) is 31.2 Å². The number of carbonyl (C=O) groups excluding carboxylic acids is 1. The van der Waals surface area contributed by atoms with Crippen LogP contribution in [-0.2, 0) is 10.2 Å². The van der Waals surface area contributed by atoms with Gasteiger partial charge in [-0.15, -0.1) is 0 Å². The van der Waals surface area contributed by atoms with E-state index >= 15 is 0 Å². The van der Waals surface area contributed by atoms with Crippen LogP contribution >= 0.6 is 0 Å². The average Bonchev–Trinajstić information content (AvgIpc) is 3.06. The maximum atomic E-state index is 14.4. The lowest BCUT2D eigenvalue weighted by molar-refractivity contribution is -0.138. The maximum Gasteiger partial charge on any atom is 0.226 e. The second-order valence-electron chi connectivity index (χ2n) is 10.3. The predicted molar refractivity (Wildman–Crippen MR) is 109 cm³/mol. The minimum absolute atomic E-state index is 0.143. The van der Waals surface area contributed by atoms with Gasteiger partial charge in [0, 0.05) is 6.54 Å². The molecule has 1 aromatic carbocycles. The molecule has 152 valence electrons. The number of hydrogen-bond acceptors (Lipinski definition) is 2. The van der Waals surface area contributed by atoms with Crippen LogP contribution in [0.4, 0.5) is 4.39 Å². The van der Waals surface area contributed by atoms with Crippen molar-refractivity contribution in [1.82, 2.24) is 10.6 Å². The highest BCUT2D eigenvalue weighted by molar-refractivity contribution is 5.84. The molecule has 2 unspecified atom stereocenters. The molecule has 1 saturated heterocycles. The van der Waals surface area contributed by atoms with Gasteiger partial charge < -0.3 is 10.6 Å². The molecule has 6 rings (SSSR count). The van der Waals surface area contributed by atoms with Crippen LogP contribution in [0.5, 0.6) is 0 Å². The van der Waals surface area contributed by atoms with E-state index in [1.54, 1.807) is 0 Å². The Morgan fingerprint density at radius 2 is 2.04 bits per heavy atom. The molecule has 4 saturated carbocycles. The Kier molecular flexibility index (Phi) is 4.35. The number of benzene rings is 1. The second-order valence-corrected chi connectivity index (χ2v) is 10.3. The van der Waals surface area contributed by atoms with Crippen LogP contribution in [0.2, 0.25) is 0 Å². The normalized spacial score (nSPS) is 44.0. The Morgan fingerprint density at radius 1 is 1.21 bits per heavy atom. The fourth-order valence-corrected chi connectivity index (χ4v) is 7.79. The lowest BCUT2D eigenvalue weighted by atomic mass is 9.57. The monoisotopic (exact) mass is 384 g/mol. The molecule has 28 heavy (non-hydrogen) atoms. The van der Waals surface area contributed by atoms with Crippen LogP contribution in [0.15, 0.2) is 30.3 Å². The Labute approximate surface area is 167 Å². The van der Waals surface area contributed by atoms with E-state index in [4.69, 9.17) is 0 Å². The minimum Gasteiger partial charge on any atom is -0.350 e. The number of rotatable bonds is 5. The molecule has 3 nitrogen and oxygen atoms in total. The quantitative estimate of drug-likeness (QED) is 0.802. The van der Waals surface area contributed by atoms with Gasteiger partial charge in [0.1, 0.15) is 6.17 Å². The Morgan fingerprint density at radius 3 is 2.79 bits per heavy atom. The van der Waals surface area contributed by atoms with E-state index in [9.17, 15) is 9.18 Å². The van der Waals surface area contributed by atoms with Gasteiger partial charge in [-0.05, 0) is 73.8 Å². The summed E-state index contributed by atoms with van der Waals surface area (Å²) < 4.78 is 14.4. The number of hydrogen-bond donors (Lipinski definition) is 2. The fraction of sp³-hybridized carbons (Fsp3) is 0.708. The largest absolute Gasteiger partial charge is 0.350 e. The van der Waals surface area contributed by atoms with Crippen molar-refractivity contribution in [2.75, 3.05) is 13.1 Å². The van der Waals surface area contributed by atoms with Crippen LogP contribution < -0.4 is 10.6 Å². The molecule has 4 aliphatic carbocycles. The minimum atomic E-state index is -0.975. The van der Waals surface area contributed by atoms with Crippen LogP contribution in [0.1, 0.15) is 63.9 Å². The van der Waals surface area contributed by atoms with Gasteiger partial charge in [-0.2, -0.15) is 0 Å². The van der Waals surface area contributed by atoms with Crippen molar-refractivity contribution < 1.29 is 9.18 Å². The third kappa shape index (κ3) is 2.67. The predicted octanol–water partition coefficient (Wildman–Crippen LogP) is 4.12. The van der Waals surface area contributed by atoms with Crippen molar-refractivity contribution in [3.8, 4) is 0 Å². The summed E-state index contributed by atoms with van der Waals surface area (Å²) >= 11 is 0. The summed E-state index contributed by atoms with van der Waals surface area (Å²) in [5, 5.41) is 6.26. The first-order chi connectivity index (χ1) is 13.5. The van der Waals surface area contributed by atoms with Crippen LogP contribution in [0.3, 0.4) is 0 Å². The van der Waals surface area contributed by atoms with E-state index in [-0.39, 0.29) is 22.8 Å². The summed E-state index contributed by atoms with van der Waals surface area (Å²) in [7, 11) is 0. The summed E-state index contributed by atoms with van der Waals surface area (Å²) in [6, 6.07) is 10.6. The lowest BCUT2D eigenvalue weighted by Gasteiger charge is -2.48. The highest BCUT2D eigenvalue weighted by Crippen LogP contribution is 2.76. The van der Waals surface area contributed by atoms with Crippen molar-refractivity contribution in [3.63, 3.8) is 0 Å². The summed E-state index contributed by atoms with van der Waals surface area (Å²) in [5.74, 6) is 0.736. The van der Waals surface area contributed by atoms with Crippen LogP contribution in [0.25, 0.3) is 0 Å². The van der Waals surface area contributed by atoms with E-state index in [0.29, 0.717) is 24.3 Å². The topological polar surface area (TPSA) is 41.1 Å². The molecule has 0 aromatic heterocycles. The molecule has 1 aliphatic heterocycles. The summed E-state index contributed by atoms with van der Waals surface area (Å²) in [6.07, 6.45) is 7.55. The van der Waals surface area contributed by atoms with Gasteiger partial charge >= 0.3 is 0 Å². The molecule has 0 spiro atoms.